The Bertz CT molecular complexity index is 1180. The molecule has 136 valence electrons. The van der Waals surface area contributed by atoms with E-state index in [1.54, 1.807) is 0 Å². The minimum atomic E-state index is -0.104. The van der Waals surface area contributed by atoms with E-state index < -0.39 is 0 Å². The average molecular weight is 440 g/mol. The van der Waals surface area contributed by atoms with Crippen molar-refractivity contribution in [3.63, 3.8) is 0 Å². The van der Waals surface area contributed by atoms with Crippen molar-refractivity contribution in [2.24, 2.45) is 0 Å². The van der Waals surface area contributed by atoms with Gasteiger partial charge in [0, 0.05) is 15.5 Å². The van der Waals surface area contributed by atoms with Gasteiger partial charge in [0.2, 0.25) is 0 Å². The molecule has 2 heterocycles. The van der Waals surface area contributed by atoms with Gasteiger partial charge in [0.15, 0.2) is 0 Å². The number of hydrogen-bond donors (Lipinski definition) is 1. The lowest BCUT2D eigenvalue weighted by atomic mass is 10.2. The van der Waals surface area contributed by atoms with Crippen molar-refractivity contribution in [2.75, 3.05) is 5.32 Å². The smallest absolute Gasteiger partial charge is 0.265 e. The number of nitrogens with zero attached hydrogens (tertiary/aromatic N) is 2. The van der Waals surface area contributed by atoms with Crippen LogP contribution in [0.4, 0.5) is 5.69 Å². The number of nitrogens with one attached hydrogen (secondary N) is 1. The van der Waals surface area contributed by atoms with Crippen molar-refractivity contribution in [3.8, 4) is 5.69 Å². The van der Waals surface area contributed by atoms with Crippen molar-refractivity contribution in [2.45, 2.75) is 20.8 Å². The standard InChI is InChI=1S/C21H18BrN3OS/c1-12-5-4-6-16(9-12)25-21-17(14(3)24-25)11-19(27-21)20(26)23-15-7-8-18(22)13(2)10-15/h4-11H,1-3H3,(H,23,26). The number of hydrogen-bond acceptors (Lipinski definition) is 3. The zero-order chi connectivity index (χ0) is 19.1. The highest BCUT2D eigenvalue weighted by molar-refractivity contribution is 9.10. The molecule has 0 atom stereocenters. The van der Waals surface area contributed by atoms with E-state index >= 15 is 0 Å². The van der Waals surface area contributed by atoms with Gasteiger partial charge in [-0.3, -0.25) is 4.79 Å². The predicted molar refractivity (Wildman–Crippen MR) is 115 cm³/mol. The van der Waals surface area contributed by atoms with E-state index in [9.17, 15) is 4.79 Å². The number of amides is 1. The fourth-order valence-corrected chi connectivity index (χ4v) is 4.33. The molecular weight excluding hydrogens is 422 g/mol. The molecule has 2 aromatic heterocycles. The Kier molecular flexibility index (Phi) is 4.61. The van der Waals surface area contributed by atoms with Crippen molar-refractivity contribution in [1.82, 2.24) is 9.78 Å². The molecule has 0 fully saturated rings. The summed E-state index contributed by atoms with van der Waals surface area (Å²) >= 11 is 4.94. The summed E-state index contributed by atoms with van der Waals surface area (Å²) in [5.41, 5.74) is 4.96. The van der Waals surface area contributed by atoms with Crippen LogP contribution in [0.2, 0.25) is 0 Å². The van der Waals surface area contributed by atoms with Crippen LogP contribution < -0.4 is 5.32 Å². The summed E-state index contributed by atoms with van der Waals surface area (Å²) in [7, 11) is 0. The first-order chi connectivity index (χ1) is 12.9. The number of benzene rings is 2. The Labute approximate surface area is 170 Å². The second-order valence-electron chi connectivity index (χ2n) is 6.58. The Morgan fingerprint density at radius 3 is 2.67 bits per heavy atom. The van der Waals surface area contributed by atoms with E-state index in [1.165, 1.54) is 16.9 Å². The molecule has 0 aliphatic heterocycles. The maximum absolute atomic E-state index is 12.7. The third kappa shape index (κ3) is 3.42. The topological polar surface area (TPSA) is 46.9 Å². The summed E-state index contributed by atoms with van der Waals surface area (Å²) in [6.07, 6.45) is 0. The predicted octanol–water partition coefficient (Wildman–Crippen LogP) is 6.03. The van der Waals surface area contributed by atoms with Crippen LogP contribution in [0.1, 0.15) is 26.5 Å². The van der Waals surface area contributed by atoms with Gasteiger partial charge in [-0.25, -0.2) is 4.68 Å². The number of fused-ring (bicyclic) bond motifs is 1. The first-order valence-corrected chi connectivity index (χ1v) is 10.2. The minimum absolute atomic E-state index is 0.104. The molecule has 4 rings (SSSR count). The summed E-state index contributed by atoms with van der Waals surface area (Å²) in [6, 6.07) is 15.9. The van der Waals surface area contributed by atoms with Crippen LogP contribution in [0.25, 0.3) is 15.9 Å². The quantitative estimate of drug-likeness (QED) is 0.423. The van der Waals surface area contributed by atoms with E-state index in [2.05, 4.69) is 45.4 Å². The summed E-state index contributed by atoms with van der Waals surface area (Å²) in [5.74, 6) is -0.104. The van der Waals surface area contributed by atoms with Gasteiger partial charge in [0.25, 0.3) is 5.91 Å². The molecule has 0 aliphatic carbocycles. The molecule has 2 aromatic carbocycles. The van der Waals surface area contributed by atoms with Gasteiger partial charge in [-0.2, -0.15) is 5.10 Å². The number of aryl methyl sites for hydroxylation is 3. The van der Waals surface area contributed by atoms with Crippen LogP contribution in [0.15, 0.2) is 53.0 Å². The van der Waals surface area contributed by atoms with Crippen molar-refractivity contribution in [1.29, 1.82) is 0 Å². The monoisotopic (exact) mass is 439 g/mol. The molecule has 6 heteroatoms. The molecule has 4 nitrogen and oxygen atoms in total. The number of anilines is 1. The van der Waals surface area contributed by atoms with Gasteiger partial charge in [0.1, 0.15) is 4.83 Å². The molecule has 0 unspecified atom stereocenters. The molecule has 4 aromatic rings. The van der Waals surface area contributed by atoms with Crippen molar-refractivity contribution < 1.29 is 4.79 Å². The molecule has 1 N–H and O–H groups in total. The number of carbonyl (C=O) groups excluding carboxylic acids is 1. The first kappa shape index (κ1) is 17.9. The number of carbonyl (C=O) groups is 1. The lowest BCUT2D eigenvalue weighted by Gasteiger charge is -2.06. The zero-order valence-electron chi connectivity index (χ0n) is 15.2. The van der Waals surface area contributed by atoms with E-state index in [0.717, 1.165) is 37.3 Å². The maximum Gasteiger partial charge on any atom is 0.265 e. The van der Waals surface area contributed by atoms with Crippen molar-refractivity contribution >= 4 is 49.1 Å². The van der Waals surface area contributed by atoms with Gasteiger partial charge in [-0.15, -0.1) is 11.3 Å². The molecule has 0 saturated carbocycles. The Balaban J connectivity index is 1.70. The lowest BCUT2D eigenvalue weighted by Crippen LogP contribution is -2.10. The highest BCUT2D eigenvalue weighted by atomic mass is 79.9. The van der Waals surface area contributed by atoms with Crippen LogP contribution in [0, 0.1) is 20.8 Å². The van der Waals surface area contributed by atoms with Gasteiger partial charge in [-0.1, -0.05) is 28.1 Å². The molecule has 0 bridgehead atoms. The highest BCUT2D eigenvalue weighted by Crippen LogP contribution is 2.31. The largest absolute Gasteiger partial charge is 0.321 e. The SMILES string of the molecule is Cc1cccc(-n2nc(C)c3cc(C(=O)Nc4ccc(Br)c(C)c4)sc32)c1. The Morgan fingerprint density at radius 1 is 1.11 bits per heavy atom. The summed E-state index contributed by atoms with van der Waals surface area (Å²) in [5, 5.41) is 8.66. The first-order valence-electron chi connectivity index (χ1n) is 8.56. The second-order valence-corrected chi connectivity index (χ2v) is 8.47. The third-order valence-electron chi connectivity index (χ3n) is 4.43. The summed E-state index contributed by atoms with van der Waals surface area (Å²) in [4.78, 5) is 14.4. The molecular formula is C21H18BrN3OS. The average Bonchev–Trinajstić information content (AvgIpc) is 3.19. The second kappa shape index (κ2) is 6.94. The van der Waals surface area contributed by atoms with Crippen LogP contribution in [-0.2, 0) is 0 Å². The number of rotatable bonds is 3. The zero-order valence-corrected chi connectivity index (χ0v) is 17.6. The van der Waals surface area contributed by atoms with Gasteiger partial charge in [0.05, 0.1) is 16.3 Å². The molecule has 0 radical (unpaired) electrons. The Hall–Kier alpha value is -2.44. The van der Waals surface area contributed by atoms with Crippen molar-refractivity contribution in [3.05, 3.63) is 74.7 Å². The van der Waals surface area contributed by atoms with E-state index in [4.69, 9.17) is 0 Å². The molecule has 0 aliphatic rings. The van der Waals surface area contributed by atoms with E-state index in [-0.39, 0.29) is 5.91 Å². The molecule has 1 amide bonds. The maximum atomic E-state index is 12.7. The summed E-state index contributed by atoms with van der Waals surface area (Å²) in [6.45, 7) is 6.03. The number of halogens is 1. The molecule has 0 saturated heterocycles. The van der Waals surface area contributed by atoms with E-state index in [1.807, 2.05) is 54.9 Å². The van der Waals surface area contributed by atoms with E-state index in [0.29, 0.717) is 4.88 Å². The number of aromatic nitrogens is 2. The van der Waals surface area contributed by atoms with Crippen LogP contribution >= 0.6 is 27.3 Å². The van der Waals surface area contributed by atoms with Gasteiger partial charge >= 0.3 is 0 Å². The fourth-order valence-electron chi connectivity index (χ4n) is 3.01. The normalized spacial score (nSPS) is 11.1. The molecule has 27 heavy (non-hydrogen) atoms. The fraction of sp³-hybridized carbons (Fsp3) is 0.143. The number of thiophene rings is 1. The van der Waals surface area contributed by atoms with Gasteiger partial charge < -0.3 is 5.32 Å². The van der Waals surface area contributed by atoms with Crippen LogP contribution in [0.5, 0.6) is 0 Å². The highest BCUT2D eigenvalue weighted by Gasteiger charge is 2.17. The third-order valence-corrected chi connectivity index (χ3v) is 6.43. The minimum Gasteiger partial charge on any atom is -0.321 e. The lowest BCUT2D eigenvalue weighted by molar-refractivity contribution is 0.103. The summed E-state index contributed by atoms with van der Waals surface area (Å²) < 4.78 is 2.94. The van der Waals surface area contributed by atoms with Gasteiger partial charge in [-0.05, 0) is 68.3 Å². The molecule has 0 spiro atoms. The Morgan fingerprint density at radius 2 is 1.93 bits per heavy atom. The van der Waals surface area contributed by atoms with Crippen LogP contribution in [0.3, 0.4) is 0 Å². The van der Waals surface area contributed by atoms with Crippen LogP contribution in [-0.4, -0.2) is 15.7 Å².